The molecule has 1 amide bonds. The van der Waals surface area contributed by atoms with Gasteiger partial charge in [-0.15, -0.1) is 0 Å². The van der Waals surface area contributed by atoms with Crippen molar-refractivity contribution in [3.05, 3.63) is 59.2 Å². The number of carbonyl (C=O) groups is 1. The summed E-state index contributed by atoms with van der Waals surface area (Å²) in [7, 11) is -3.44. The molecule has 2 aromatic carbocycles. The standard InChI is InChI=1S/C22H30N2O4S/c1-5-28-21-13-7-6-11-19(21)16-23-22(25)14-9-15-24(29(4,26)27)20-12-8-10-17(2)18(20)3/h6-8,10-13H,5,9,14-16H2,1-4H3,(H,23,25). The van der Waals surface area contributed by atoms with E-state index >= 15 is 0 Å². The second kappa shape index (κ2) is 10.3. The molecular formula is C22H30N2O4S. The Bertz CT molecular complexity index is 942. The Hall–Kier alpha value is -2.54. The molecule has 6 nitrogen and oxygen atoms in total. The Balaban J connectivity index is 1.94. The number of nitrogens with zero attached hydrogens (tertiary/aromatic N) is 1. The van der Waals surface area contributed by atoms with Gasteiger partial charge in [0, 0.05) is 25.1 Å². The molecule has 0 aromatic heterocycles. The number of nitrogens with one attached hydrogen (secondary N) is 1. The van der Waals surface area contributed by atoms with E-state index in [-0.39, 0.29) is 18.9 Å². The third-order valence-corrected chi connectivity index (χ3v) is 5.94. The van der Waals surface area contributed by atoms with E-state index in [4.69, 9.17) is 4.74 Å². The smallest absolute Gasteiger partial charge is 0.232 e. The van der Waals surface area contributed by atoms with Gasteiger partial charge in [-0.3, -0.25) is 9.10 Å². The lowest BCUT2D eigenvalue weighted by atomic mass is 10.1. The van der Waals surface area contributed by atoms with Crippen LogP contribution >= 0.6 is 0 Å². The number of para-hydroxylation sites is 1. The number of aryl methyl sites for hydroxylation is 1. The number of benzene rings is 2. The van der Waals surface area contributed by atoms with E-state index < -0.39 is 10.0 Å². The number of sulfonamides is 1. The van der Waals surface area contributed by atoms with Crippen LogP contribution in [0.4, 0.5) is 5.69 Å². The van der Waals surface area contributed by atoms with Gasteiger partial charge in [0.1, 0.15) is 5.75 Å². The first kappa shape index (κ1) is 22.7. The van der Waals surface area contributed by atoms with Crippen molar-refractivity contribution in [3.63, 3.8) is 0 Å². The lowest BCUT2D eigenvalue weighted by Gasteiger charge is -2.25. The van der Waals surface area contributed by atoms with Crippen LogP contribution in [-0.2, 0) is 21.4 Å². The highest BCUT2D eigenvalue weighted by atomic mass is 32.2. The second-order valence-electron chi connectivity index (χ2n) is 6.98. The summed E-state index contributed by atoms with van der Waals surface area (Å²) in [5.41, 5.74) is 3.53. The van der Waals surface area contributed by atoms with Gasteiger partial charge in [0.25, 0.3) is 0 Å². The Morgan fingerprint density at radius 1 is 1.10 bits per heavy atom. The highest BCUT2D eigenvalue weighted by Gasteiger charge is 2.20. The lowest BCUT2D eigenvalue weighted by molar-refractivity contribution is -0.121. The topological polar surface area (TPSA) is 75.7 Å². The van der Waals surface area contributed by atoms with Crippen LogP contribution in [0.25, 0.3) is 0 Å². The monoisotopic (exact) mass is 418 g/mol. The first-order valence-corrected chi connectivity index (χ1v) is 11.6. The molecule has 2 rings (SSSR count). The molecule has 0 radical (unpaired) electrons. The van der Waals surface area contributed by atoms with Gasteiger partial charge in [-0.05, 0) is 50.5 Å². The van der Waals surface area contributed by atoms with Gasteiger partial charge in [-0.1, -0.05) is 30.3 Å². The summed E-state index contributed by atoms with van der Waals surface area (Å²) in [6.07, 6.45) is 1.87. The molecule has 0 aliphatic heterocycles. The molecule has 0 atom stereocenters. The van der Waals surface area contributed by atoms with Gasteiger partial charge in [-0.2, -0.15) is 0 Å². The van der Waals surface area contributed by atoms with E-state index in [0.717, 1.165) is 22.4 Å². The molecular weight excluding hydrogens is 388 g/mol. The maximum Gasteiger partial charge on any atom is 0.232 e. The molecule has 7 heteroatoms. The summed E-state index contributed by atoms with van der Waals surface area (Å²) in [4.78, 5) is 12.3. The summed E-state index contributed by atoms with van der Waals surface area (Å²) >= 11 is 0. The minimum Gasteiger partial charge on any atom is -0.494 e. The van der Waals surface area contributed by atoms with Crippen molar-refractivity contribution in [2.24, 2.45) is 0 Å². The van der Waals surface area contributed by atoms with Crippen molar-refractivity contribution in [1.82, 2.24) is 5.32 Å². The number of carbonyl (C=O) groups excluding carboxylic acids is 1. The maximum absolute atomic E-state index is 12.3. The Morgan fingerprint density at radius 3 is 2.52 bits per heavy atom. The maximum atomic E-state index is 12.3. The van der Waals surface area contributed by atoms with Crippen molar-refractivity contribution < 1.29 is 17.9 Å². The fourth-order valence-electron chi connectivity index (χ4n) is 3.08. The molecule has 0 spiro atoms. The highest BCUT2D eigenvalue weighted by Crippen LogP contribution is 2.25. The molecule has 29 heavy (non-hydrogen) atoms. The van der Waals surface area contributed by atoms with Gasteiger partial charge in [0.05, 0.1) is 18.6 Å². The zero-order chi connectivity index (χ0) is 21.4. The van der Waals surface area contributed by atoms with Gasteiger partial charge in [0.15, 0.2) is 0 Å². The van der Waals surface area contributed by atoms with Gasteiger partial charge in [0.2, 0.25) is 15.9 Å². The molecule has 0 saturated heterocycles. The molecule has 0 heterocycles. The molecule has 0 unspecified atom stereocenters. The molecule has 158 valence electrons. The van der Waals surface area contributed by atoms with Gasteiger partial charge in [-0.25, -0.2) is 8.42 Å². The van der Waals surface area contributed by atoms with Gasteiger partial charge >= 0.3 is 0 Å². The van der Waals surface area contributed by atoms with Crippen LogP contribution in [-0.4, -0.2) is 33.7 Å². The zero-order valence-corrected chi connectivity index (χ0v) is 18.4. The minimum absolute atomic E-state index is 0.120. The molecule has 2 aromatic rings. The van der Waals surface area contributed by atoms with Crippen LogP contribution in [0, 0.1) is 13.8 Å². The summed E-state index contributed by atoms with van der Waals surface area (Å²) < 4.78 is 31.5. The summed E-state index contributed by atoms with van der Waals surface area (Å²) in [6.45, 7) is 6.97. The van der Waals surface area contributed by atoms with Crippen molar-refractivity contribution in [2.45, 2.75) is 40.2 Å². The van der Waals surface area contributed by atoms with E-state index in [0.29, 0.717) is 25.3 Å². The van der Waals surface area contributed by atoms with Crippen molar-refractivity contribution >= 4 is 21.6 Å². The first-order chi connectivity index (χ1) is 13.7. The predicted molar refractivity (Wildman–Crippen MR) is 117 cm³/mol. The average molecular weight is 419 g/mol. The van der Waals surface area contributed by atoms with Crippen LogP contribution in [0.5, 0.6) is 5.75 Å². The van der Waals surface area contributed by atoms with Crippen LogP contribution in [0.2, 0.25) is 0 Å². The van der Waals surface area contributed by atoms with E-state index in [9.17, 15) is 13.2 Å². The number of hydrogen-bond donors (Lipinski definition) is 1. The third-order valence-electron chi connectivity index (χ3n) is 4.76. The summed E-state index contributed by atoms with van der Waals surface area (Å²) in [5, 5.41) is 2.88. The SMILES string of the molecule is CCOc1ccccc1CNC(=O)CCCN(c1cccc(C)c1C)S(C)(=O)=O. The van der Waals surface area contributed by atoms with Crippen LogP contribution < -0.4 is 14.4 Å². The Kier molecular flexibility index (Phi) is 8.08. The fourth-order valence-corrected chi connectivity index (χ4v) is 4.10. The minimum atomic E-state index is -3.44. The average Bonchev–Trinajstić information content (AvgIpc) is 2.66. The summed E-state index contributed by atoms with van der Waals surface area (Å²) in [5.74, 6) is 0.638. The van der Waals surface area contributed by atoms with E-state index in [1.54, 1.807) is 6.07 Å². The first-order valence-electron chi connectivity index (χ1n) is 9.75. The number of anilines is 1. The van der Waals surface area contributed by atoms with E-state index in [1.165, 1.54) is 10.6 Å². The molecule has 0 fully saturated rings. The van der Waals surface area contributed by atoms with Crippen molar-refractivity contribution in [2.75, 3.05) is 23.7 Å². The predicted octanol–water partition coefficient (Wildman–Crippen LogP) is 3.56. The largest absolute Gasteiger partial charge is 0.494 e. The number of ether oxygens (including phenoxy) is 1. The molecule has 0 aliphatic rings. The zero-order valence-electron chi connectivity index (χ0n) is 17.6. The van der Waals surface area contributed by atoms with Crippen molar-refractivity contribution in [3.8, 4) is 5.75 Å². The quantitative estimate of drug-likeness (QED) is 0.640. The molecule has 0 bridgehead atoms. The lowest BCUT2D eigenvalue weighted by Crippen LogP contribution is -2.32. The van der Waals surface area contributed by atoms with Crippen molar-refractivity contribution in [1.29, 1.82) is 0 Å². The second-order valence-corrected chi connectivity index (χ2v) is 8.88. The summed E-state index contributed by atoms with van der Waals surface area (Å²) in [6, 6.07) is 13.2. The molecule has 0 saturated carbocycles. The molecule has 0 aliphatic carbocycles. The fraction of sp³-hybridized carbons (Fsp3) is 0.409. The number of rotatable bonds is 10. The third kappa shape index (κ3) is 6.49. The number of hydrogen-bond acceptors (Lipinski definition) is 4. The van der Waals surface area contributed by atoms with E-state index in [1.807, 2.05) is 57.2 Å². The normalized spacial score (nSPS) is 11.2. The van der Waals surface area contributed by atoms with E-state index in [2.05, 4.69) is 5.32 Å². The Labute approximate surface area is 173 Å². The van der Waals surface area contributed by atoms with Gasteiger partial charge < -0.3 is 10.1 Å². The Morgan fingerprint density at radius 2 is 1.83 bits per heavy atom. The number of amides is 1. The van der Waals surface area contributed by atoms with Crippen LogP contribution in [0.15, 0.2) is 42.5 Å². The highest BCUT2D eigenvalue weighted by molar-refractivity contribution is 7.92. The molecule has 1 N–H and O–H groups in total. The van der Waals surface area contributed by atoms with Crippen LogP contribution in [0.1, 0.15) is 36.5 Å². The van der Waals surface area contributed by atoms with Crippen LogP contribution in [0.3, 0.4) is 0 Å².